The molecule has 0 spiro atoms. The van der Waals surface area contributed by atoms with E-state index in [2.05, 4.69) is 26.0 Å². The molecular weight excluding hydrogens is 532 g/mol. The number of nitriles is 1. The van der Waals surface area contributed by atoms with Gasteiger partial charge in [0.25, 0.3) is 0 Å². The third-order valence-corrected chi connectivity index (χ3v) is 7.39. The Morgan fingerprint density at radius 2 is 1.76 bits per heavy atom. The standard InChI is InChI=1S/C29H23F2N7O3/c1-40-23-10-24(41-2)27(31)28(26(23)30)37-14-19-13-35-21(9-22(19)38(29(37)39)25-5-6-33-15-36-25)17-3-4-20(34-12-17)18-7-16(8-18)11-32/h3-6,9-10,12-13,15-16,18H,7-8,14H2,1-2H3. The molecule has 2 aliphatic rings. The minimum Gasteiger partial charge on any atom is -0.493 e. The average Bonchev–Trinajstić information content (AvgIpc) is 2.98. The number of rotatable bonds is 6. The number of carbonyl (C=O) groups is 1. The van der Waals surface area contributed by atoms with Crippen LogP contribution in [0, 0.1) is 28.9 Å². The van der Waals surface area contributed by atoms with Gasteiger partial charge in [0.1, 0.15) is 17.8 Å². The van der Waals surface area contributed by atoms with Crippen molar-refractivity contribution in [1.29, 1.82) is 5.26 Å². The lowest BCUT2D eigenvalue weighted by atomic mass is 9.74. The van der Waals surface area contributed by atoms with Gasteiger partial charge in [-0.1, -0.05) is 0 Å². The van der Waals surface area contributed by atoms with Crippen LogP contribution in [-0.2, 0) is 6.54 Å². The van der Waals surface area contributed by atoms with E-state index in [4.69, 9.17) is 14.7 Å². The molecule has 1 fully saturated rings. The maximum Gasteiger partial charge on any atom is 0.335 e. The highest BCUT2D eigenvalue weighted by Crippen LogP contribution is 2.43. The van der Waals surface area contributed by atoms with Crippen LogP contribution in [0.4, 0.5) is 30.8 Å². The van der Waals surface area contributed by atoms with Crippen LogP contribution < -0.4 is 19.3 Å². The molecule has 4 aromatic rings. The largest absolute Gasteiger partial charge is 0.493 e. The van der Waals surface area contributed by atoms with Crippen LogP contribution in [0.2, 0.25) is 0 Å². The SMILES string of the molecule is COc1cc(OC)c(F)c(N2Cc3cnc(-c4ccc(C5CC(C#N)C5)nc4)cc3N(c3ccncn3)C2=O)c1F. The van der Waals surface area contributed by atoms with Crippen LogP contribution in [0.5, 0.6) is 11.5 Å². The predicted octanol–water partition coefficient (Wildman–Crippen LogP) is 5.52. The molecule has 1 aromatic carbocycles. The molecule has 41 heavy (non-hydrogen) atoms. The van der Waals surface area contributed by atoms with Crippen molar-refractivity contribution in [2.75, 3.05) is 24.0 Å². The number of aromatic nitrogens is 4. The van der Waals surface area contributed by atoms with E-state index in [1.807, 2.05) is 12.1 Å². The van der Waals surface area contributed by atoms with E-state index < -0.39 is 23.4 Å². The lowest BCUT2D eigenvalue weighted by Crippen LogP contribution is -2.46. The number of halogens is 2. The minimum absolute atomic E-state index is 0.0775. The summed E-state index contributed by atoms with van der Waals surface area (Å²) in [5.74, 6) is -2.11. The molecule has 1 aliphatic carbocycles. The fourth-order valence-corrected chi connectivity index (χ4v) is 5.11. The number of carbonyl (C=O) groups excluding carboxylic acids is 1. The molecule has 6 rings (SSSR count). The van der Waals surface area contributed by atoms with E-state index in [1.165, 1.54) is 37.7 Å². The maximum atomic E-state index is 15.5. The smallest absolute Gasteiger partial charge is 0.335 e. The summed E-state index contributed by atoms with van der Waals surface area (Å²) in [6, 6.07) is 9.68. The molecule has 2 amide bonds. The van der Waals surface area contributed by atoms with Crippen molar-refractivity contribution in [1.82, 2.24) is 19.9 Å². The second-order valence-corrected chi connectivity index (χ2v) is 9.69. The first kappa shape index (κ1) is 26.1. The lowest BCUT2D eigenvalue weighted by Gasteiger charge is -2.36. The number of hydrogen-bond acceptors (Lipinski definition) is 8. The van der Waals surface area contributed by atoms with Gasteiger partial charge in [-0.25, -0.2) is 28.4 Å². The van der Waals surface area contributed by atoms with E-state index in [0.29, 0.717) is 16.9 Å². The molecule has 0 N–H and O–H groups in total. The van der Waals surface area contributed by atoms with Crippen molar-refractivity contribution >= 4 is 23.2 Å². The number of benzene rings is 1. The fourth-order valence-electron chi connectivity index (χ4n) is 5.11. The molecule has 1 aliphatic heterocycles. The van der Waals surface area contributed by atoms with E-state index in [0.717, 1.165) is 35.1 Å². The molecule has 0 radical (unpaired) electrons. The first-order valence-corrected chi connectivity index (χ1v) is 12.8. The van der Waals surface area contributed by atoms with Gasteiger partial charge in [0.2, 0.25) is 0 Å². The minimum atomic E-state index is -1.05. The lowest BCUT2D eigenvalue weighted by molar-refractivity contribution is 0.251. The van der Waals surface area contributed by atoms with E-state index in [-0.39, 0.29) is 35.7 Å². The Balaban J connectivity index is 1.42. The van der Waals surface area contributed by atoms with Gasteiger partial charge in [-0.05, 0) is 37.1 Å². The Kier molecular flexibility index (Phi) is 6.62. The number of urea groups is 1. The summed E-state index contributed by atoms with van der Waals surface area (Å²) in [5, 5.41) is 9.05. The first-order chi connectivity index (χ1) is 19.9. The Labute approximate surface area is 233 Å². The van der Waals surface area contributed by atoms with Crippen molar-refractivity contribution in [2.24, 2.45) is 5.92 Å². The molecular formula is C29H23F2N7O3. The molecule has 0 saturated heterocycles. The molecule has 0 unspecified atom stereocenters. The molecule has 0 atom stereocenters. The summed E-state index contributed by atoms with van der Waals surface area (Å²) in [4.78, 5) is 33.5. The van der Waals surface area contributed by atoms with Crippen LogP contribution in [0.1, 0.15) is 30.0 Å². The summed E-state index contributed by atoms with van der Waals surface area (Å²) in [7, 11) is 2.48. The quantitative estimate of drug-likeness (QED) is 0.305. The van der Waals surface area contributed by atoms with Crippen LogP contribution >= 0.6 is 0 Å². The van der Waals surface area contributed by atoms with Crippen LogP contribution in [0.3, 0.4) is 0 Å². The summed E-state index contributed by atoms with van der Waals surface area (Å²) in [6.45, 7) is -0.174. The van der Waals surface area contributed by atoms with Crippen molar-refractivity contribution in [2.45, 2.75) is 25.3 Å². The zero-order valence-electron chi connectivity index (χ0n) is 22.1. The highest BCUT2D eigenvalue weighted by Gasteiger charge is 2.38. The van der Waals surface area contributed by atoms with E-state index in [9.17, 15) is 4.79 Å². The number of fused-ring (bicyclic) bond motifs is 1. The highest BCUT2D eigenvalue weighted by atomic mass is 19.1. The number of hydrogen-bond donors (Lipinski definition) is 0. The summed E-state index contributed by atoms with van der Waals surface area (Å²) >= 11 is 0. The third kappa shape index (κ3) is 4.45. The van der Waals surface area contributed by atoms with Gasteiger partial charge < -0.3 is 9.47 Å². The monoisotopic (exact) mass is 555 g/mol. The van der Waals surface area contributed by atoms with E-state index >= 15 is 8.78 Å². The molecule has 10 nitrogen and oxygen atoms in total. The Bertz CT molecular complexity index is 1640. The second-order valence-electron chi connectivity index (χ2n) is 9.69. The number of pyridine rings is 2. The molecule has 0 bridgehead atoms. The van der Waals surface area contributed by atoms with Crippen molar-refractivity contribution < 1.29 is 23.0 Å². The molecule has 4 heterocycles. The number of anilines is 3. The topological polar surface area (TPSA) is 117 Å². The highest BCUT2D eigenvalue weighted by molar-refractivity contribution is 6.10. The maximum absolute atomic E-state index is 15.5. The Hall–Kier alpha value is -5.18. The molecule has 1 saturated carbocycles. The van der Waals surface area contributed by atoms with Crippen molar-refractivity contribution in [3.05, 3.63) is 78.1 Å². The van der Waals surface area contributed by atoms with Gasteiger partial charge in [-0.2, -0.15) is 5.26 Å². The molecule has 3 aromatic heterocycles. The number of nitrogens with zero attached hydrogens (tertiary/aromatic N) is 7. The van der Waals surface area contributed by atoms with E-state index in [1.54, 1.807) is 18.5 Å². The number of amides is 2. The Morgan fingerprint density at radius 3 is 2.37 bits per heavy atom. The van der Waals surface area contributed by atoms with Crippen LogP contribution in [0.25, 0.3) is 11.3 Å². The zero-order valence-corrected chi connectivity index (χ0v) is 22.1. The zero-order chi connectivity index (χ0) is 28.7. The summed E-state index contributed by atoms with van der Waals surface area (Å²) < 4.78 is 41.1. The van der Waals surface area contributed by atoms with Gasteiger partial charge in [-0.3, -0.25) is 14.9 Å². The summed E-state index contributed by atoms with van der Waals surface area (Å²) in [5.41, 5.74) is 2.55. The molecule has 12 heteroatoms. The number of methoxy groups -OCH3 is 2. The predicted molar refractivity (Wildman–Crippen MR) is 144 cm³/mol. The Morgan fingerprint density at radius 1 is 1.00 bits per heavy atom. The molecule has 206 valence electrons. The summed E-state index contributed by atoms with van der Waals surface area (Å²) in [6.07, 6.45) is 7.61. The van der Waals surface area contributed by atoms with Gasteiger partial charge in [0.05, 0.1) is 38.2 Å². The normalized spacial score (nSPS) is 17.9. The number of ether oxygens (including phenoxy) is 2. The van der Waals surface area contributed by atoms with Crippen LogP contribution in [0.15, 0.2) is 55.2 Å². The second kappa shape index (κ2) is 10.4. The van der Waals surface area contributed by atoms with Crippen LogP contribution in [-0.4, -0.2) is 40.2 Å². The van der Waals surface area contributed by atoms with Crippen molar-refractivity contribution in [3.8, 4) is 28.8 Å². The van der Waals surface area contributed by atoms with Gasteiger partial charge in [0, 0.05) is 53.3 Å². The third-order valence-electron chi connectivity index (χ3n) is 7.39. The van der Waals surface area contributed by atoms with Gasteiger partial charge in [-0.15, -0.1) is 0 Å². The van der Waals surface area contributed by atoms with Gasteiger partial charge in [0.15, 0.2) is 23.1 Å². The first-order valence-electron chi connectivity index (χ1n) is 12.8. The van der Waals surface area contributed by atoms with Gasteiger partial charge >= 0.3 is 6.03 Å². The van der Waals surface area contributed by atoms with Crippen molar-refractivity contribution in [3.63, 3.8) is 0 Å². The average molecular weight is 556 g/mol. The fraction of sp³-hybridized carbons (Fsp3) is 0.241.